The molecule has 0 aliphatic rings. The van der Waals surface area contributed by atoms with Crippen LogP contribution in [0.15, 0.2) is 36.5 Å². The van der Waals surface area contributed by atoms with Gasteiger partial charge in [-0.3, -0.25) is 4.98 Å². The first kappa shape index (κ1) is 13.8. The maximum atomic E-state index is 4.53. The van der Waals surface area contributed by atoms with Gasteiger partial charge in [0.1, 0.15) is 0 Å². The third kappa shape index (κ3) is 2.85. The minimum Gasteiger partial charge on any atom is -0.319 e. The van der Waals surface area contributed by atoms with Crippen molar-refractivity contribution in [1.29, 1.82) is 0 Å². The van der Waals surface area contributed by atoms with Crippen molar-refractivity contribution >= 4 is 0 Å². The lowest BCUT2D eigenvalue weighted by molar-refractivity contribution is 0.687. The van der Waals surface area contributed by atoms with Gasteiger partial charge in [0, 0.05) is 24.4 Å². The van der Waals surface area contributed by atoms with Gasteiger partial charge in [0.2, 0.25) is 0 Å². The van der Waals surface area contributed by atoms with Gasteiger partial charge in [-0.1, -0.05) is 18.2 Å². The number of aromatic nitrogens is 1. The SMILES string of the molecule is CNCC(c1ccccn1)c1ccc(C)c(C)c1C. The molecule has 0 aliphatic carbocycles. The molecule has 0 saturated carbocycles. The Bertz CT molecular complexity index is 547. The first-order valence-corrected chi connectivity index (χ1v) is 6.77. The van der Waals surface area contributed by atoms with Crippen molar-refractivity contribution in [3.63, 3.8) is 0 Å². The van der Waals surface area contributed by atoms with Crippen LogP contribution in [0.3, 0.4) is 0 Å². The normalized spacial score (nSPS) is 12.4. The van der Waals surface area contributed by atoms with Crippen LogP contribution in [-0.2, 0) is 0 Å². The maximum absolute atomic E-state index is 4.53. The molecule has 0 saturated heterocycles. The second-order valence-electron chi connectivity index (χ2n) is 5.09. The molecule has 2 rings (SSSR count). The molecule has 0 fully saturated rings. The summed E-state index contributed by atoms with van der Waals surface area (Å²) in [4.78, 5) is 4.53. The summed E-state index contributed by atoms with van der Waals surface area (Å²) in [6, 6.07) is 10.6. The van der Waals surface area contributed by atoms with E-state index in [1.807, 2.05) is 19.3 Å². The van der Waals surface area contributed by atoms with Crippen LogP contribution in [0.5, 0.6) is 0 Å². The molecule has 1 N–H and O–H groups in total. The number of pyridine rings is 1. The smallest absolute Gasteiger partial charge is 0.0491 e. The lowest BCUT2D eigenvalue weighted by atomic mass is 9.88. The van der Waals surface area contributed by atoms with E-state index in [-0.39, 0.29) is 0 Å². The Kier molecular flexibility index (Phi) is 4.33. The number of nitrogens with one attached hydrogen (secondary N) is 1. The van der Waals surface area contributed by atoms with Crippen LogP contribution in [0.1, 0.15) is 33.9 Å². The van der Waals surface area contributed by atoms with Crippen LogP contribution in [-0.4, -0.2) is 18.6 Å². The summed E-state index contributed by atoms with van der Waals surface area (Å²) in [7, 11) is 1.99. The summed E-state index contributed by atoms with van der Waals surface area (Å²) in [5.41, 5.74) is 6.62. The molecule has 1 heterocycles. The fraction of sp³-hybridized carbons (Fsp3) is 0.353. The predicted octanol–water partition coefficient (Wildman–Crippen LogP) is 3.36. The summed E-state index contributed by atoms with van der Waals surface area (Å²) in [5.74, 6) is 0.311. The summed E-state index contributed by atoms with van der Waals surface area (Å²) in [6.07, 6.45) is 1.87. The highest BCUT2D eigenvalue weighted by Gasteiger charge is 2.17. The van der Waals surface area contributed by atoms with Gasteiger partial charge in [0.05, 0.1) is 0 Å². The molecular weight excluding hydrogens is 232 g/mol. The van der Waals surface area contributed by atoms with Crippen molar-refractivity contribution in [2.75, 3.05) is 13.6 Å². The maximum Gasteiger partial charge on any atom is 0.0491 e. The van der Waals surface area contributed by atoms with Gasteiger partial charge in [0.15, 0.2) is 0 Å². The second kappa shape index (κ2) is 5.98. The summed E-state index contributed by atoms with van der Waals surface area (Å²) in [5, 5.41) is 3.29. The van der Waals surface area contributed by atoms with Gasteiger partial charge >= 0.3 is 0 Å². The molecular formula is C17H22N2. The number of rotatable bonds is 4. The second-order valence-corrected chi connectivity index (χ2v) is 5.09. The van der Waals surface area contributed by atoms with E-state index >= 15 is 0 Å². The zero-order valence-corrected chi connectivity index (χ0v) is 12.2. The van der Waals surface area contributed by atoms with Gasteiger partial charge in [-0.15, -0.1) is 0 Å². The van der Waals surface area contributed by atoms with E-state index in [4.69, 9.17) is 0 Å². The molecule has 0 bridgehead atoms. The molecule has 1 aromatic carbocycles. The Balaban J connectivity index is 2.49. The summed E-state index contributed by atoms with van der Waals surface area (Å²) < 4.78 is 0. The third-order valence-corrected chi connectivity index (χ3v) is 3.93. The average molecular weight is 254 g/mol. The van der Waals surface area contributed by atoms with Crippen LogP contribution in [0.2, 0.25) is 0 Å². The lowest BCUT2D eigenvalue weighted by Gasteiger charge is -2.21. The molecule has 0 amide bonds. The fourth-order valence-electron chi connectivity index (χ4n) is 2.51. The highest BCUT2D eigenvalue weighted by Crippen LogP contribution is 2.28. The number of nitrogens with zero attached hydrogens (tertiary/aromatic N) is 1. The molecule has 0 radical (unpaired) electrons. The van der Waals surface area contributed by atoms with Crippen molar-refractivity contribution in [3.05, 3.63) is 64.5 Å². The largest absolute Gasteiger partial charge is 0.319 e. The Morgan fingerprint density at radius 3 is 2.47 bits per heavy atom. The number of hydrogen-bond donors (Lipinski definition) is 1. The zero-order chi connectivity index (χ0) is 13.8. The van der Waals surface area contributed by atoms with E-state index in [0.717, 1.165) is 12.2 Å². The van der Waals surface area contributed by atoms with E-state index in [1.165, 1.54) is 22.3 Å². The predicted molar refractivity (Wildman–Crippen MR) is 80.7 cm³/mol. The minimum absolute atomic E-state index is 0.311. The first-order chi connectivity index (χ1) is 9.15. The molecule has 2 heteroatoms. The van der Waals surface area contributed by atoms with Gasteiger partial charge in [-0.05, 0) is 62.2 Å². The average Bonchev–Trinajstić information content (AvgIpc) is 2.44. The molecule has 1 unspecified atom stereocenters. The highest BCUT2D eigenvalue weighted by atomic mass is 14.8. The topological polar surface area (TPSA) is 24.9 Å². The zero-order valence-electron chi connectivity index (χ0n) is 12.2. The van der Waals surface area contributed by atoms with Crippen molar-refractivity contribution in [1.82, 2.24) is 10.3 Å². The Morgan fingerprint density at radius 1 is 1.05 bits per heavy atom. The van der Waals surface area contributed by atoms with E-state index in [9.17, 15) is 0 Å². The highest BCUT2D eigenvalue weighted by molar-refractivity contribution is 5.43. The molecule has 0 spiro atoms. The van der Waals surface area contributed by atoms with Crippen LogP contribution >= 0.6 is 0 Å². The van der Waals surface area contributed by atoms with Crippen LogP contribution in [0.25, 0.3) is 0 Å². The lowest BCUT2D eigenvalue weighted by Crippen LogP contribution is -2.20. The summed E-state index contributed by atoms with van der Waals surface area (Å²) in [6.45, 7) is 7.48. The molecule has 19 heavy (non-hydrogen) atoms. The molecule has 2 aromatic rings. The molecule has 1 atom stereocenters. The first-order valence-electron chi connectivity index (χ1n) is 6.77. The van der Waals surface area contributed by atoms with Crippen molar-refractivity contribution < 1.29 is 0 Å². The minimum atomic E-state index is 0.311. The van der Waals surface area contributed by atoms with Gasteiger partial charge < -0.3 is 5.32 Å². The number of aryl methyl sites for hydroxylation is 1. The molecule has 0 aliphatic heterocycles. The van der Waals surface area contributed by atoms with Crippen molar-refractivity contribution in [2.24, 2.45) is 0 Å². The molecule has 1 aromatic heterocycles. The van der Waals surface area contributed by atoms with E-state index in [2.05, 4.69) is 55.3 Å². The van der Waals surface area contributed by atoms with E-state index < -0.39 is 0 Å². The monoisotopic (exact) mass is 254 g/mol. The molecule has 100 valence electrons. The number of hydrogen-bond acceptors (Lipinski definition) is 2. The van der Waals surface area contributed by atoms with E-state index in [1.54, 1.807) is 0 Å². The Hall–Kier alpha value is -1.67. The van der Waals surface area contributed by atoms with E-state index in [0.29, 0.717) is 5.92 Å². The van der Waals surface area contributed by atoms with Crippen molar-refractivity contribution in [3.8, 4) is 0 Å². The van der Waals surface area contributed by atoms with Gasteiger partial charge in [0.25, 0.3) is 0 Å². The van der Waals surface area contributed by atoms with Crippen molar-refractivity contribution in [2.45, 2.75) is 26.7 Å². The third-order valence-electron chi connectivity index (χ3n) is 3.93. The van der Waals surface area contributed by atoms with Gasteiger partial charge in [-0.25, -0.2) is 0 Å². The Labute approximate surface area is 115 Å². The quantitative estimate of drug-likeness (QED) is 0.905. The van der Waals surface area contributed by atoms with Gasteiger partial charge in [-0.2, -0.15) is 0 Å². The van der Waals surface area contributed by atoms with Crippen LogP contribution in [0, 0.1) is 20.8 Å². The van der Waals surface area contributed by atoms with Crippen LogP contribution in [0.4, 0.5) is 0 Å². The fourth-order valence-corrected chi connectivity index (χ4v) is 2.51. The molecule has 2 nitrogen and oxygen atoms in total. The Morgan fingerprint density at radius 2 is 1.84 bits per heavy atom. The number of likely N-dealkylation sites (N-methyl/N-ethyl adjacent to an activating group) is 1. The van der Waals surface area contributed by atoms with Crippen LogP contribution < -0.4 is 5.32 Å². The summed E-state index contributed by atoms with van der Waals surface area (Å²) >= 11 is 0. The standard InChI is InChI=1S/C17H22N2/c1-12-8-9-15(14(3)13(12)2)16(11-18-4)17-7-5-6-10-19-17/h5-10,16,18H,11H2,1-4H3. The number of benzene rings is 1.